The van der Waals surface area contributed by atoms with Crippen LogP contribution in [-0.4, -0.2) is 11.2 Å². The van der Waals surface area contributed by atoms with Gasteiger partial charge in [0, 0.05) is 12.5 Å². The average molecular weight is 211 g/mol. The fourth-order valence-electron chi connectivity index (χ4n) is 1.24. The molecule has 0 aromatic heterocycles. The van der Waals surface area contributed by atoms with Crippen LogP contribution in [0.3, 0.4) is 0 Å². The Labute approximate surface area is 85.9 Å². The highest BCUT2D eigenvalue weighted by atomic mass is 19.1. The molecule has 0 heterocycles. The minimum Gasteiger partial charge on any atom is -0.303 e. The van der Waals surface area contributed by atoms with Crippen molar-refractivity contribution in [1.29, 1.82) is 0 Å². The van der Waals surface area contributed by atoms with E-state index >= 15 is 0 Å². The molecular weight excluding hydrogens is 201 g/mol. The molecule has 1 aromatic rings. The first-order valence-electron chi connectivity index (χ1n) is 4.51. The van der Waals surface area contributed by atoms with Gasteiger partial charge in [0.25, 0.3) is 0 Å². The summed E-state index contributed by atoms with van der Waals surface area (Å²) in [7, 11) is 0. The number of nitro groups is 1. The third-order valence-electron chi connectivity index (χ3n) is 2.00. The third-order valence-corrected chi connectivity index (χ3v) is 2.00. The van der Waals surface area contributed by atoms with E-state index in [1.165, 1.54) is 6.07 Å². The summed E-state index contributed by atoms with van der Waals surface area (Å²) in [4.78, 5) is 19.6. The van der Waals surface area contributed by atoms with Gasteiger partial charge in [-0.3, -0.25) is 10.1 Å². The van der Waals surface area contributed by atoms with Crippen LogP contribution in [0.2, 0.25) is 0 Å². The lowest BCUT2D eigenvalue weighted by molar-refractivity contribution is -0.387. The summed E-state index contributed by atoms with van der Waals surface area (Å²) in [5, 5.41) is 10.3. The molecule has 80 valence electrons. The maximum atomic E-state index is 13.1. The van der Waals surface area contributed by atoms with Crippen molar-refractivity contribution in [3.05, 3.63) is 39.7 Å². The Hall–Kier alpha value is -1.78. The summed E-state index contributed by atoms with van der Waals surface area (Å²) in [6.45, 7) is 0. The minimum absolute atomic E-state index is 0.415. The van der Waals surface area contributed by atoms with Gasteiger partial charge in [0.05, 0.1) is 4.92 Å². The van der Waals surface area contributed by atoms with E-state index < -0.39 is 16.4 Å². The van der Waals surface area contributed by atoms with E-state index in [0.717, 1.165) is 18.4 Å². The lowest BCUT2D eigenvalue weighted by atomic mass is 10.1. The second-order valence-electron chi connectivity index (χ2n) is 3.10. The summed E-state index contributed by atoms with van der Waals surface area (Å²) in [5.41, 5.74) is 0.147. The number of carbonyl (C=O) groups excluding carboxylic acids is 1. The van der Waals surface area contributed by atoms with Crippen molar-refractivity contribution in [3.8, 4) is 0 Å². The minimum atomic E-state index is -0.830. The number of rotatable bonds is 5. The SMILES string of the molecule is O=CCCCc1ccc([N+](=O)[O-])c(F)c1. The van der Waals surface area contributed by atoms with Gasteiger partial charge in [-0.25, -0.2) is 0 Å². The number of nitrogens with zero attached hydrogens (tertiary/aromatic N) is 1. The van der Waals surface area contributed by atoms with Gasteiger partial charge in [-0.1, -0.05) is 6.07 Å². The van der Waals surface area contributed by atoms with Gasteiger partial charge in [0.1, 0.15) is 6.29 Å². The van der Waals surface area contributed by atoms with E-state index in [4.69, 9.17) is 0 Å². The molecular formula is C10H10FNO3. The molecule has 0 fully saturated rings. The Balaban J connectivity index is 2.73. The van der Waals surface area contributed by atoms with Gasteiger partial charge in [-0.2, -0.15) is 4.39 Å². The van der Waals surface area contributed by atoms with Crippen LogP contribution in [0.25, 0.3) is 0 Å². The van der Waals surface area contributed by atoms with Crippen LogP contribution >= 0.6 is 0 Å². The Morgan fingerprint density at radius 2 is 2.20 bits per heavy atom. The smallest absolute Gasteiger partial charge is 0.303 e. The topological polar surface area (TPSA) is 60.2 Å². The molecule has 0 bridgehead atoms. The van der Waals surface area contributed by atoms with Crippen LogP contribution in [-0.2, 0) is 11.2 Å². The van der Waals surface area contributed by atoms with Crippen molar-refractivity contribution < 1.29 is 14.1 Å². The standard InChI is InChI=1S/C10H10FNO3/c11-9-7-8(3-1-2-6-13)4-5-10(9)12(14)15/h4-7H,1-3H2. The Morgan fingerprint density at radius 1 is 1.47 bits per heavy atom. The number of unbranched alkanes of at least 4 members (excludes halogenated alkanes) is 1. The molecule has 0 saturated carbocycles. The first-order chi connectivity index (χ1) is 7.15. The molecule has 0 aliphatic carbocycles. The van der Waals surface area contributed by atoms with Crippen LogP contribution in [0.1, 0.15) is 18.4 Å². The van der Waals surface area contributed by atoms with Crippen molar-refractivity contribution >= 4 is 12.0 Å². The number of hydrogen-bond donors (Lipinski definition) is 0. The molecule has 0 atom stereocenters. The molecule has 0 unspecified atom stereocenters. The fourth-order valence-corrected chi connectivity index (χ4v) is 1.24. The van der Waals surface area contributed by atoms with Gasteiger partial charge in [0.15, 0.2) is 0 Å². The number of carbonyl (C=O) groups is 1. The van der Waals surface area contributed by atoms with Crippen molar-refractivity contribution in [1.82, 2.24) is 0 Å². The second kappa shape index (κ2) is 5.19. The molecule has 5 heteroatoms. The molecule has 0 radical (unpaired) electrons. The largest absolute Gasteiger partial charge is 0.304 e. The maximum Gasteiger partial charge on any atom is 0.304 e. The van der Waals surface area contributed by atoms with Gasteiger partial charge in [-0.05, 0) is 24.5 Å². The van der Waals surface area contributed by atoms with Crippen LogP contribution in [0.4, 0.5) is 10.1 Å². The first-order valence-corrected chi connectivity index (χ1v) is 4.51. The van der Waals surface area contributed by atoms with E-state index in [1.807, 2.05) is 0 Å². The van der Waals surface area contributed by atoms with Crippen molar-refractivity contribution in [2.75, 3.05) is 0 Å². The van der Waals surface area contributed by atoms with Crippen LogP contribution in [0, 0.1) is 15.9 Å². The van der Waals surface area contributed by atoms with Crippen molar-refractivity contribution in [2.45, 2.75) is 19.3 Å². The van der Waals surface area contributed by atoms with E-state index in [9.17, 15) is 19.3 Å². The van der Waals surface area contributed by atoms with Crippen LogP contribution in [0.15, 0.2) is 18.2 Å². The molecule has 0 aliphatic rings. The van der Waals surface area contributed by atoms with Crippen LogP contribution < -0.4 is 0 Å². The zero-order chi connectivity index (χ0) is 11.3. The normalized spacial score (nSPS) is 9.93. The van der Waals surface area contributed by atoms with E-state index in [1.54, 1.807) is 0 Å². The molecule has 0 spiro atoms. The monoisotopic (exact) mass is 211 g/mol. The summed E-state index contributed by atoms with van der Waals surface area (Å²) in [5.74, 6) is -0.830. The first kappa shape index (κ1) is 11.3. The molecule has 1 aromatic carbocycles. The highest BCUT2D eigenvalue weighted by molar-refractivity contribution is 5.49. The van der Waals surface area contributed by atoms with E-state index in [0.29, 0.717) is 24.8 Å². The number of hydrogen-bond acceptors (Lipinski definition) is 3. The Morgan fingerprint density at radius 3 is 2.73 bits per heavy atom. The van der Waals surface area contributed by atoms with E-state index in [-0.39, 0.29) is 0 Å². The highest BCUT2D eigenvalue weighted by Crippen LogP contribution is 2.18. The highest BCUT2D eigenvalue weighted by Gasteiger charge is 2.13. The Kier molecular flexibility index (Phi) is 3.91. The second-order valence-corrected chi connectivity index (χ2v) is 3.10. The molecule has 15 heavy (non-hydrogen) atoms. The van der Waals surface area contributed by atoms with Crippen LogP contribution in [0.5, 0.6) is 0 Å². The molecule has 0 N–H and O–H groups in total. The third kappa shape index (κ3) is 3.12. The predicted molar refractivity (Wildman–Crippen MR) is 52.1 cm³/mol. The zero-order valence-electron chi connectivity index (χ0n) is 7.98. The summed E-state index contributed by atoms with van der Waals surface area (Å²) < 4.78 is 13.1. The predicted octanol–water partition coefficient (Wildman–Crippen LogP) is 2.26. The lowest BCUT2D eigenvalue weighted by Gasteiger charge is -1.99. The number of aryl methyl sites for hydroxylation is 1. The molecule has 0 aliphatic heterocycles. The van der Waals surface area contributed by atoms with Crippen molar-refractivity contribution in [2.24, 2.45) is 0 Å². The zero-order valence-corrected chi connectivity index (χ0v) is 7.98. The van der Waals surface area contributed by atoms with Gasteiger partial charge < -0.3 is 4.79 Å². The summed E-state index contributed by atoms with van der Waals surface area (Å²) >= 11 is 0. The number of aldehydes is 1. The summed E-state index contributed by atoms with van der Waals surface area (Å²) in [6.07, 6.45) is 2.38. The molecule has 1 rings (SSSR count). The Bertz CT molecular complexity index is 379. The fraction of sp³-hybridized carbons (Fsp3) is 0.300. The number of benzene rings is 1. The lowest BCUT2D eigenvalue weighted by Crippen LogP contribution is -1.94. The van der Waals surface area contributed by atoms with E-state index in [2.05, 4.69) is 0 Å². The van der Waals surface area contributed by atoms with Gasteiger partial charge in [0.2, 0.25) is 5.82 Å². The van der Waals surface area contributed by atoms with Gasteiger partial charge >= 0.3 is 5.69 Å². The maximum absolute atomic E-state index is 13.1. The average Bonchev–Trinajstić information content (AvgIpc) is 2.17. The quantitative estimate of drug-likeness (QED) is 0.325. The molecule has 0 saturated heterocycles. The number of halogens is 1. The number of nitro benzene ring substituents is 1. The van der Waals surface area contributed by atoms with Gasteiger partial charge in [-0.15, -0.1) is 0 Å². The van der Waals surface area contributed by atoms with Crippen molar-refractivity contribution in [3.63, 3.8) is 0 Å². The summed E-state index contributed by atoms with van der Waals surface area (Å²) in [6, 6.07) is 3.79. The molecule has 0 amide bonds. The molecule has 4 nitrogen and oxygen atoms in total.